The van der Waals surface area contributed by atoms with Crippen molar-refractivity contribution in [3.8, 4) is 0 Å². The number of rotatable bonds is 3. The highest BCUT2D eigenvalue weighted by Crippen LogP contribution is 2.20. The molecule has 0 fully saturated rings. The van der Waals surface area contributed by atoms with Crippen LogP contribution >= 0.6 is 15.9 Å². The molecule has 0 atom stereocenters. The van der Waals surface area contributed by atoms with E-state index >= 15 is 0 Å². The van der Waals surface area contributed by atoms with Gasteiger partial charge in [0.05, 0.1) is 12.2 Å². The summed E-state index contributed by atoms with van der Waals surface area (Å²) >= 11 is 3.27. The van der Waals surface area contributed by atoms with Crippen molar-refractivity contribution in [2.24, 2.45) is 0 Å². The molecule has 3 nitrogen and oxygen atoms in total. The second-order valence-corrected chi connectivity index (χ2v) is 3.94. The molecule has 0 aliphatic rings. The molecule has 0 saturated heterocycles. The maximum absolute atomic E-state index is 11.6. The Morgan fingerprint density at radius 1 is 1.53 bits per heavy atom. The van der Waals surface area contributed by atoms with Gasteiger partial charge in [-0.3, -0.25) is 4.79 Å². The second-order valence-electron chi connectivity index (χ2n) is 3.03. The molecule has 15 heavy (non-hydrogen) atoms. The van der Waals surface area contributed by atoms with E-state index in [1.54, 1.807) is 26.0 Å². The summed E-state index contributed by atoms with van der Waals surface area (Å²) < 4.78 is 5.65. The van der Waals surface area contributed by atoms with Crippen molar-refractivity contribution in [1.29, 1.82) is 0 Å². The Kier molecular flexibility index (Phi) is 4.03. The molecule has 1 aromatic carbocycles. The maximum atomic E-state index is 11.6. The Hall–Kier alpha value is -1.16. The zero-order valence-electron chi connectivity index (χ0n) is 8.54. The van der Waals surface area contributed by atoms with Gasteiger partial charge in [0, 0.05) is 10.0 Å². The molecule has 0 aliphatic carbocycles. The number of esters is 1. The SMILES string of the molecule is CCOC(=O)c1c(C)cc(Br)cc1C=O. The number of benzene rings is 1. The summed E-state index contributed by atoms with van der Waals surface area (Å²) in [6.45, 7) is 3.79. The molecule has 0 heterocycles. The van der Waals surface area contributed by atoms with Crippen LogP contribution in [0, 0.1) is 6.92 Å². The Balaban J connectivity index is 3.26. The van der Waals surface area contributed by atoms with Crippen molar-refractivity contribution in [2.45, 2.75) is 13.8 Å². The number of aryl methyl sites for hydroxylation is 1. The lowest BCUT2D eigenvalue weighted by Crippen LogP contribution is -2.10. The largest absolute Gasteiger partial charge is 0.462 e. The van der Waals surface area contributed by atoms with Gasteiger partial charge in [-0.25, -0.2) is 4.79 Å². The number of ether oxygens (including phenoxy) is 1. The molecule has 0 aromatic heterocycles. The number of hydrogen-bond acceptors (Lipinski definition) is 3. The summed E-state index contributed by atoms with van der Waals surface area (Å²) in [7, 11) is 0. The van der Waals surface area contributed by atoms with E-state index in [4.69, 9.17) is 4.74 Å². The molecule has 0 saturated carbocycles. The fourth-order valence-corrected chi connectivity index (χ4v) is 1.93. The van der Waals surface area contributed by atoms with Crippen LogP contribution in [-0.2, 0) is 4.74 Å². The first-order valence-corrected chi connectivity index (χ1v) is 5.32. The van der Waals surface area contributed by atoms with Crippen LogP contribution in [0.15, 0.2) is 16.6 Å². The second kappa shape index (κ2) is 5.07. The monoisotopic (exact) mass is 270 g/mol. The first-order chi connectivity index (χ1) is 7.10. The highest BCUT2D eigenvalue weighted by molar-refractivity contribution is 9.10. The molecular formula is C11H11BrO3. The van der Waals surface area contributed by atoms with Crippen molar-refractivity contribution < 1.29 is 14.3 Å². The highest BCUT2D eigenvalue weighted by Gasteiger charge is 2.15. The van der Waals surface area contributed by atoms with Crippen LogP contribution in [0.25, 0.3) is 0 Å². The Morgan fingerprint density at radius 3 is 2.73 bits per heavy atom. The number of hydrogen-bond donors (Lipinski definition) is 0. The van der Waals surface area contributed by atoms with Gasteiger partial charge in [0.1, 0.15) is 0 Å². The maximum Gasteiger partial charge on any atom is 0.339 e. The zero-order valence-corrected chi connectivity index (χ0v) is 10.1. The van der Waals surface area contributed by atoms with E-state index in [0.717, 1.165) is 10.0 Å². The molecule has 80 valence electrons. The summed E-state index contributed by atoms with van der Waals surface area (Å²) in [5.74, 6) is -0.454. The van der Waals surface area contributed by atoms with E-state index in [2.05, 4.69) is 15.9 Å². The minimum Gasteiger partial charge on any atom is -0.462 e. The molecule has 0 spiro atoms. The molecule has 1 aromatic rings. The standard InChI is InChI=1S/C11H11BrO3/c1-3-15-11(14)10-7(2)4-9(12)5-8(10)6-13/h4-6H,3H2,1-2H3. The quantitative estimate of drug-likeness (QED) is 0.627. The van der Waals surface area contributed by atoms with Crippen LogP contribution in [0.5, 0.6) is 0 Å². The molecule has 0 amide bonds. The Bertz CT molecular complexity index is 399. The van der Waals surface area contributed by atoms with Crippen molar-refractivity contribution in [2.75, 3.05) is 6.61 Å². The molecule has 1 rings (SSSR count). The molecule has 0 unspecified atom stereocenters. The van der Waals surface area contributed by atoms with Crippen LogP contribution in [-0.4, -0.2) is 18.9 Å². The normalized spacial score (nSPS) is 9.80. The first kappa shape index (κ1) is 11.9. The topological polar surface area (TPSA) is 43.4 Å². The van der Waals surface area contributed by atoms with Crippen LogP contribution in [0.4, 0.5) is 0 Å². The van der Waals surface area contributed by atoms with E-state index < -0.39 is 5.97 Å². The van der Waals surface area contributed by atoms with Gasteiger partial charge in [0.15, 0.2) is 6.29 Å². The van der Waals surface area contributed by atoms with Gasteiger partial charge in [-0.2, -0.15) is 0 Å². The van der Waals surface area contributed by atoms with Crippen LogP contribution in [0.3, 0.4) is 0 Å². The third-order valence-corrected chi connectivity index (χ3v) is 2.40. The first-order valence-electron chi connectivity index (χ1n) is 4.52. The van der Waals surface area contributed by atoms with Gasteiger partial charge < -0.3 is 4.74 Å². The van der Waals surface area contributed by atoms with E-state index in [0.29, 0.717) is 24.0 Å². The van der Waals surface area contributed by atoms with Gasteiger partial charge in [-0.15, -0.1) is 0 Å². The summed E-state index contributed by atoms with van der Waals surface area (Å²) in [6.07, 6.45) is 0.657. The fourth-order valence-electron chi connectivity index (χ4n) is 1.34. The van der Waals surface area contributed by atoms with Crippen molar-refractivity contribution in [3.05, 3.63) is 33.3 Å². The van der Waals surface area contributed by atoms with Crippen molar-refractivity contribution in [3.63, 3.8) is 0 Å². The summed E-state index contributed by atoms with van der Waals surface area (Å²) in [5.41, 5.74) is 1.42. The lowest BCUT2D eigenvalue weighted by Gasteiger charge is -2.08. The molecular weight excluding hydrogens is 260 g/mol. The summed E-state index contributed by atoms with van der Waals surface area (Å²) in [6, 6.07) is 3.38. The van der Waals surface area contributed by atoms with Gasteiger partial charge >= 0.3 is 5.97 Å². The average molecular weight is 271 g/mol. The van der Waals surface area contributed by atoms with Crippen LogP contribution < -0.4 is 0 Å². The molecule has 0 aliphatic heterocycles. The third kappa shape index (κ3) is 2.65. The smallest absolute Gasteiger partial charge is 0.339 e. The summed E-state index contributed by atoms with van der Waals surface area (Å²) in [5, 5.41) is 0. The molecule has 0 N–H and O–H groups in total. The van der Waals surface area contributed by atoms with Gasteiger partial charge in [-0.05, 0) is 31.5 Å². The van der Waals surface area contributed by atoms with Gasteiger partial charge in [0.2, 0.25) is 0 Å². The minimum atomic E-state index is -0.454. The van der Waals surface area contributed by atoms with E-state index in [1.807, 2.05) is 0 Å². The van der Waals surface area contributed by atoms with E-state index in [1.165, 1.54) is 0 Å². The predicted octanol–water partition coefficient (Wildman–Crippen LogP) is 2.75. The van der Waals surface area contributed by atoms with Crippen molar-refractivity contribution >= 4 is 28.2 Å². The number of carbonyl (C=O) groups excluding carboxylic acids is 2. The predicted molar refractivity (Wildman–Crippen MR) is 60.2 cm³/mol. The fraction of sp³-hybridized carbons (Fsp3) is 0.273. The third-order valence-electron chi connectivity index (χ3n) is 1.94. The molecule has 0 bridgehead atoms. The van der Waals surface area contributed by atoms with Crippen molar-refractivity contribution in [1.82, 2.24) is 0 Å². The molecule has 4 heteroatoms. The van der Waals surface area contributed by atoms with Crippen LogP contribution in [0.1, 0.15) is 33.2 Å². The van der Waals surface area contributed by atoms with Crippen LogP contribution in [0.2, 0.25) is 0 Å². The number of halogens is 1. The summed E-state index contributed by atoms with van der Waals surface area (Å²) in [4.78, 5) is 22.4. The molecule has 0 radical (unpaired) electrons. The highest BCUT2D eigenvalue weighted by atomic mass is 79.9. The Morgan fingerprint density at radius 2 is 2.20 bits per heavy atom. The number of aldehydes is 1. The lowest BCUT2D eigenvalue weighted by atomic mass is 10.0. The number of carbonyl (C=O) groups is 2. The minimum absolute atomic E-state index is 0.298. The van der Waals surface area contributed by atoms with E-state index in [9.17, 15) is 9.59 Å². The average Bonchev–Trinajstić information content (AvgIpc) is 2.16. The lowest BCUT2D eigenvalue weighted by molar-refractivity contribution is 0.0523. The van der Waals surface area contributed by atoms with E-state index in [-0.39, 0.29) is 0 Å². The van der Waals surface area contributed by atoms with Gasteiger partial charge in [-0.1, -0.05) is 15.9 Å². The zero-order chi connectivity index (χ0) is 11.4. The van der Waals surface area contributed by atoms with Gasteiger partial charge in [0.25, 0.3) is 0 Å². The Labute approximate surface area is 96.6 Å².